The van der Waals surface area contributed by atoms with Crippen LogP contribution in [-0.2, 0) is 4.74 Å². The predicted molar refractivity (Wildman–Crippen MR) is 40.1 cm³/mol. The van der Waals surface area contributed by atoms with E-state index in [2.05, 4.69) is 9.72 Å². The van der Waals surface area contributed by atoms with Gasteiger partial charge >= 0.3 is 11.0 Å². The average molecular weight is 188 g/mol. The van der Waals surface area contributed by atoms with Gasteiger partial charge in [0.15, 0.2) is 0 Å². The highest BCUT2D eigenvalue weighted by Gasteiger charge is 2.16. The second kappa shape index (κ2) is 3.26. The lowest BCUT2D eigenvalue weighted by Gasteiger charge is -1.88. The number of nitrogens with zero attached hydrogens (tertiary/aromatic N) is 2. The second-order valence-corrected chi connectivity index (χ2v) is 2.76. The molecular formula is C5H4N2O4S. The molecule has 0 saturated carbocycles. The lowest BCUT2D eigenvalue weighted by atomic mass is 10.7. The first-order valence-corrected chi connectivity index (χ1v) is 3.65. The first-order chi connectivity index (χ1) is 5.65. The Morgan fingerprint density at radius 1 is 1.83 bits per heavy atom. The quantitative estimate of drug-likeness (QED) is 0.390. The van der Waals surface area contributed by atoms with Crippen molar-refractivity contribution in [2.75, 3.05) is 7.11 Å². The van der Waals surface area contributed by atoms with E-state index in [0.29, 0.717) is 11.3 Å². The van der Waals surface area contributed by atoms with Crippen LogP contribution in [0.15, 0.2) is 6.20 Å². The zero-order valence-corrected chi connectivity index (χ0v) is 6.83. The molecule has 0 fully saturated rings. The lowest BCUT2D eigenvalue weighted by Crippen LogP contribution is -1.98. The molecule has 0 aliphatic heterocycles. The van der Waals surface area contributed by atoms with Crippen LogP contribution in [0.4, 0.5) is 5.00 Å². The number of rotatable bonds is 2. The number of carbonyl (C=O) groups is 1. The SMILES string of the molecule is COC(=O)c1ncc([N+](=O)[O-])s1. The van der Waals surface area contributed by atoms with Gasteiger partial charge in [-0.2, -0.15) is 0 Å². The van der Waals surface area contributed by atoms with Crippen molar-refractivity contribution in [2.45, 2.75) is 0 Å². The van der Waals surface area contributed by atoms with Crippen molar-refractivity contribution in [3.05, 3.63) is 21.3 Å². The summed E-state index contributed by atoms with van der Waals surface area (Å²) in [5, 5.41) is 9.97. The third-order valence-corrected chi connectivity index (χ3v) is 1.96. The molecule has 1 heterocycles. The van der Waals surface area contributed by atoms with E-state index < -0.39 is 10.9 Å². The highest BCUT2D eigenvalue weighted by molar-refractivity contribution is 7.16. The molecule has 0 amide bonds. The van der Waals surface area contributed by atoms with Gasteiger partial charge in [0.2, 0.25) is 5.01 Å². The van der Waals surface area contributed by atoms with Gasteiger partial charge in [-0.25, -0.2) is 9.78 Å². The zero-order chi connectivity index (χ0) is 9.14. The highest BCUT2D eigenvalue weighted by atomic mass is 32.1. The Morgan fingerprint density at radius 3 is 2.92 bits per heavy atom. The molecule has 0 radical (unpaired) electrons. The predicted octanol–water partition coefficient (Wildman–Crippen LogP) is 0.838. The summed E-state index contributed by atoms with van der Waals surface area (Å²) >= 11 is 0.689. The van der Waals surface area contributed by atoms with E-state index >= 15 is 0 Å². The Kier molecular flexibility index (Phi) is 2.34. The molecule has 64 valence electrons. The molecule has 12 heavy (non-hydrogen) atoms. The van der Waals surface area contributed by atoms with Gasteiger partial charge in [-0.15, -0.1) is 0 Å². The number of aromatic nitrogens is 1. The van der Waals surface area contributed by atoms with Crippen molar-refractivity contribution in [3.8, 4) is 0 Å². The third-order valence-electron chi connectivity index (χ3n) is 1.03. The van der Waals surface area contributed by atoms with Gasteiger partial charge < -0.3 is 4.74 Å². The standard InChI is InChI=1S/C5H4N2O4S/c1-11-5(8)4-6-2-3(12-4)7(9)10/h2H,1H3. The summed E-state index contributed by atoms with van der Waals surface area (Å²) in [5.74, 6) is -0.659. The van der Waals surface area contributed by atoms with Crippen LogP contribution in [0.3, 0.4) is 0 Å². The summed E-state index contributed by atoms with van der Waals surface area (Å²) in [5.41, 5.74) is 0. The van der Waals surface area contributed by atoms with Gasteiger partial charge in [0.1, 0.15) is 6.20 Å². The van der Waals surface area contributed by atoms with Gasteiger partial charge in [0.25, 0.3) is 0 Å². The van der Waals surface area contributed by atoms with Crippen molar-refractivity contribution in [3.63, 3.8) is 0 Å². The Bertz CT molecular complexity index is 321. The topological polar surface area (TPSA) is 82.3 Å². The summed E-state index contributed by atoms with van der Waals surface area (Å²) < 4.78 is 4.32. The molecule has 1 aromatic heterocycles. The van der Waals surface area contributed by atoms with Crippen LogP contribution < -0.4 is 0 Å². The molecular weight excluding hydrogens is 184 g/mol. The van der Waals surface area contributed by atoms with Crippen molar-refractivity contribution in [2.24, 2.45) is 0 Å². The van der Waals surface area contributed by atoms with Crippen molar-refractivity contribution >= 4 is 22.3 Å². The number of carbonyl (C=O) groups excluding carboxylic acids is 1. The number of hydrogen-bond acceptors (Lipinski definition) is 6. The van der Waals surface area contributed by atoms with E-state index in [1.165, 1.54) is 7.11 Å². The van der Waals surface area contributed by atoms with Gasteiger partial charge in [-0.3, -0.25) is 10.1 Å². The van der Waals surface area contributed by atoms with Crippen LogP contribution >= 0.6 is 11.3 Å². The minimum absolute atomic E-state index is 0.01000. The Balaban J connectivity index is 2.91. The normalized spacial score (nSPS) is 9.42. The van der Waals surface area contributed by atoms with Gasteiger partial charge in [-0.05, 0) is 11.3 Å². The number of nitro groups is 1. The van der Waals surface area contributed by atoms with E-state index in [9.17, 15) is 14.9 Å². The molecule has 0 bridgehead atoms. The monoisotopic (exact) mass is 188 g/mol. The molecule has 7 heteroatoms. The maximum atomic E-state index is 10.8. The minimum Gasteiger partial charge on any atom is -0.464 e. The Labute approximate surface area is 70.9 Å². The Hall–Kier alpha value is -1.50. The van der Waals surface area contributed by atoms with Gasteiger partial charge in [0.05, 0.1) is 12.0 Å². The van der Waals surface area contributed by atoms with Crippen LogP contribution in [0.1, 0.15) is 9.80 Å². The number of ether oxygens (including phenoxy) is 1. The van der Waals surface area contributed by atoms with E-state index in [4.69, 9.17) is 0 Å². The molecule has 6 nitrogen and oxygen atoms in total. The molecule has 0 aliphatic carbocycles. The number of thiazole rings is 1. The summed E-state index contributed by atoms with van der Waals surface area (Å²) in [6.07, 6.45) is 1.02. The van der Waals surface area contributed by atoms with E-state index in [1.807, 2.05) is 0 Å². The fourth-order valence-electron chi connectivity index (χ4n) is 0.532. The summed E-state index contributed by atoms with van der Waals surface area (Å²) in [6, 6.07) is 0. The van der Waals surface area contributed by atoms with E-state index in [-0.39, 0.29) is 10.0 Å². The summed E-state index contributed by atoms with van der Waals surface area (Å²) in [6.45, 7) is 0. The van der Waals surface area contributed by atoms with Crippen molar-refractivity contribution in [1.29, 1.82) is 0 Å². The molecule has 0 spiro atoms. The fraction of sp³-hybridized carbons (Fsp3) is 0.200. The fourth-order valence-corrected chi connectivity index (χ4v) is 1.18. The van der Waals surface area contributed by atoms with Crippen molar-refractivity contribution < 1.29 is 14.5 Å². The molecule has 1 rings (SSSR count). The van der Waals surface area contributed by atoms with Crippen LogP contribution in [0.25, 0.3) is 0 Å². The zero-order valence-electron chi connectivity index (χ0n) is 6.01. The maximum Gasteiger partial charge on any atom is 0.367 e. The molecule has 0 atom stereocenters. The smallest absolute Gasteiger partial charge is 0.367 e. The first-order valence-electron chi connectivity index (χ1n) is 2.83. The molecule has 1 aromatic rings. The summed E-state index contributed by atoms with van der Waals surface area (Å²) in [7, 11) is 1.19. The van der Waals surface area contributed by atoms with Crippen molar-refractivity contribution in [1.82, 2.24) is 4.98 Å². The molecule has 0 N–H and O–H groups in total. The Morgan fingerprint density at radius 2 is 2.50 bits per heavy atom. The van der Waals surface area contributed by atoms with E-state index in [1.54, 1.807) is 0 Å². The van der Waals surface area contributed by atoms with Gasteiger partial charge in [-0.1, -0.05) is 0 Å². The first kappa shape index (κ1) is 8.60. The van der Waals surface area contributed by atoms with E-state index in [0.717, 1.165) is 6.20 Å². The maximum absolute atomic E-state index is 10.8. The van der Waals surface area contributed by atoms with Crippen LogP contribution in [0.5, 0.6) is 0 Å². The summed E-state index contributed by atoms with van der Waals surface area (Å²) in [4.78, 5) is 23.8. The van der Waals surface area contributed by atoms with Crippen LogP contribution in [0, 0.1) is 10.1 Å². The third kappa shape index (κ3) is 1.56. The second-order valence-electron chi connectivity index (χ2n) is 1.75. The molecule has 0 saturated heterocycles. The molecule has 0 unspecified atom stereocenters. The van der Waals surface area contributed by atoms with Crippen LogP contribution in [0.2, 0.25) is 0 Å². The average Bonchev–Trinajstić information content (AvgIpc) is 2.51. The van der Waals surface area contributed by atoms with Crippen LogP contribution in [-0.4, -0.2) is 23.0 Å². The molecule has 0 aliphatic rings. The lowest BCUT2D eigenvalue weighted by molar-refractivity contribution is -0.380. The number of esters is 1. The van der Waals surface area contributed by atoms with Gasteiger partial charge in [0, 0.05) is 0 Å². The highest BCUT2D eigenvalue weighted by Crippen LogP contribution is 2.20. The number of methoxy groups -OCH3 is 1. The number of hydrogen-bond donors (Lipinski definition) is 0. The molecule has 0 aromatic carbocycles. The minimum atomic E-state index is -0.659. The largest absolute Gasteiger partial charge is 0.464 e.